The summed E-state index contributed by atoms with van der Waals surface area (Å²) in [6, 6.07) is 1.77. The highest BCUT2D eigenvalue weighted by Gasteiger charge is 2.40. The van der Waals surface area contributed by atoms with Gasteiger partial charge in [0, 0.05) is 54.5 Å². The monoisotopic (exact) mass is 1040 g/mol. The van der Waals surface area contributed by atoms with Crippen LogP contribution in [0.4, 0.5) is 0 Å². The number of unbranched alkanes of at least 4 members (excludes halogenated alkanes) is 1. The molecule has 2 aliphatic rings. The van der Waals surface area contributed by atoms with Crippen LogP contribution >= 0.6 is 34.7 Å². The number of thioether (sulfide) groups is 1. The van der Waals surface area contributed by atoms with Gasteiger partial charge < -0.3 is 58.9 Å². The van der Waals surface area contributed by atoms with Gasteiger partial charge in [0.1, 0.15) is 42.3 Å². The molecule has 2 aromatic rings. The zero-order chi connectivity index (χ0) is 52.0. The van der Waals surface area contributed by atoms with E-state index in [4.69, 9.17) is 28.5 Å². The molecule has 1 aromatic carbocycles. The van der Waals surface area contributed by atoms with E-state index in [2.05, 4.69) is 42.5 Å². The Hall–Kier alpha value is -5.94. The van der Waals surface area contributed by atoms with Crippen molar-refractivity contribution >= 4 is 93.8 Å². The molecule has 0 saturated carbocycles. The molecule has 0 spiro atoms. The van der Waals surface area contributed by atoms with Crippen LogP contribution in [0.3, 0.4) is 0 Å². The van der Waals surface area contributed by atoms with Gasteiger partial charge in [-0.25, -0.2) is 0 Å². The lowest BCUT2D eigenvalue weighted by atomic mass is 10.0. The van der Waals surface area contributed by atoms with Gasteiger partial charge in [-0.05, 0) is 79.3 Å². The number of hydrogen-bond acceptors (Lipinski definition) is 12. The van der Waals surface area contributed by atoms with Crippen LogP contribution in [0.2, 0.25) is 5.02 Å². The number of hydrogen-bond donors (Lipinski definition) is 11. The number of carbonyl (C=O) groups is 9. The number of guanidine groups is 1. The second-order valence-electron chi connectivity index (χ2n) is 17.9. The van der Waals surface area contributed by atoms with Crippen molar-refractivity contribution < 1.29 is 43.2 Å². The first-order chi connectivity index (χ1) is 33.9. The Labute approximate surface area is 427 Å². The van der Waals surface area contributed by atoms with E-state index in [1.807, 2.05) is 12.3 Å². The minimum atomic E-state index is -1.61. The fraction of sp³-hybridized carbons (Fsp3) is 0.574. The molecule has 4 rings (SSSR count). The van der Waals surface area contributed by atoms with Crippen LogP contribution in [0.1, 0.15) is 89.0 Å². The van der Waals surface area contributed by atoms with Crippen LogP contribution in [0.25, 0.3) is 0 Å². The zero-order valence-corrected chi connectivity index (χ0v) is 42.8. The van der Waals surface area contributed by atoms with Crippen LogP contribution < -0.4 is 54.0 Å². The topological polar surface area (TPSA) is 329 Å². The lowest BCUT2D eigenvalue weighted by Crippen LogP contribution is -2.61. The standard InChI is InChI=1S/C47H69ClN12O9S2/c1-4-5-18-52-40(63)31(11-6-19-53-47(50)51)55-44(67)36-12-7-20-60(36)46(69)35-26-70-21-9-13-38(62)54-32(23-28-14-16-29(48)17-15-28)41(64)56-33(24-30-10-8-22-71-30)43(66)59-39(27(2)3)45(68)57-34(25-37(49)61)42(65)58-35/h8,10,14-17,22,27,31-36,39H,4-7,9,11-13,18-21,23-26H2,1-3H3,(H2,49,61)(H,52,63)(H,54,62)(H,55,67)(H,56,64)(H,57,68)(H,58,65)(H,59,66)(H4,50,51,53)/t31-,32+,33+,34+,35+,36+,39+/m1/s1. The Morgan fingerprint density at radius 1 is 0.845 bits per heavy atom. The summed E-state index contributed by atoms with van der Waals surface area (Å²) < 4.78 is 0. The summed E-state index contributed by atoms with van der Waals surface area (Å²) >= 11 is 8.72. The first kappa shape index (κ1) is 57.6. The molecule has 2 saturated heterocycles. The Kier molecular flexibility index (Phi) is 23.9. The highest BCUT2D eigenvalue weighted by molar-refractivity contribution is 7.99. The Morgan fingerprint density at radius 3 is 2.18 bits per heavy atom. The number of benzene rings is 1. The molecule has 390 valence electrons. The van der Waals surface area contributed by atoms with Crippen LogP contribution in [0.5, 0.6) is 0 Å². The molecule has 2 fully saturated rings. The minimum Gasteiger partial charge on any atom is -0.370 e. The molecule has 0 unspecified atom stereocenters. The number of carbonyl (C=O) groups excluding carboxylic acids is 9. The lowest BCUT2D eigenvalue weighted by molar-refractivity contribution is -0.142. The highest BCUT2D eigenvalue weighted by atomic mass is 35.5. The van der Waals surface area contributed by atoms with Gasteiger partial charge in [0.25, 0.3) is 0 Å². The summed E-state index contributed by atoms with van der Waals surface area (Å²) in [6.07, 6.45) is 2.49. The summed E-state index contributed by atoms with van der Waals surface area (Å²) in [5, 5.41) is 31.6. The number of amides is 9. The molecule has 7 atom stereocenters. The molecule has 2 aliphatic heterocycles. The maximum absolute atomic E-state index is 14.6. The molecule has 0 bridgehead atoms. The fourth-order valence-corrected chi connectivity index (χ4v) is 9.82. The summed E-state index contributed by atoms with van der Waals surface area (Å²) in [7, 11) is 0. The van der Waals surface area contributed by atoms with Crippen LogP contribution in [0, 0.1) is 11.3 Å². The molecule has 3 heterocycles. The molecule has 1 aromatic heterocycles. The van der Waals surface area contributed by atoms with E-state index in [0.29, 0.717) is 35.7 Å². The summed E-state index contributed by atoms with van der Waals surface area (Å²) in [4.78, 5) is 127. The molecule has 24 heteroatoms. The van der Waals surface area contributed by atoms with E-state index in [1.165, 1.54) is 28.0 Å². The third-order valence-corrected chi connectivity index (χ3v) is 14.1. The van der Waals surface area contributed by atoms with Crippen molar-refractivity contribution in [2.45, 2.75) is 134 Å². The molecular weight excluding hydrogens is 976 g/mol. The van der Waals surface area contributed by atoms with E-state index < -0.39 is 108 Å². The van der Waals surface area contributed by atoms with Gasteiger partial charge in [0.05, 0.1) is 6.42 Å². The number of rotatable bonds is 18. The smallest absolute Gasteiger partial charge is 0.246 e. The lowest BCUT2D eigenvalue weighted by Gasteiger charge is -2.31. The minimum absolute atomic E-state index is 0.0311. The van der Waals surface area contributed by atoms with Crippen LogP contribution in [-0.4, -0.2) is 137 Å². The first-order valence-electron chi connectivity index (χ1n) is 24.0. The van der Waals surface area contributed by atoms with Gasteiger partial charge in [-0.3, -0.25) is 48.6 Å². The maximum Gasteiger partial charge on any atom is 0.246 e. The number of nitrogens with zero attached hydrogens (tertiary/aromatic N) is 1. The molecule has 21 nitrogen and oxygen atoms in total. The van der Waals surface area contributed by atoms with E-state index in [9.17, 15) is 43.2 Å². The van der Waals surface area contributed by atoms with E-state index in [-0.39, 0.29) is 63.3 Å². The quantitative estimate of drug-likeness (QED) is 0.0547. The van der Waals surface area contributed by atoms with Crippen molar-refractivity contribution in [3.63, 3.8) is 0 Å². The van der Waals surface area contributed by atoms with Gasteiger partial charge in [0.2, 0.25) is 53.2 Å². The van der Waals surface area contributed by atoms with E-state index >= 15 is 0 Å². The number of nitrogens with two attached hydrogens (primary N) is 2. The Bertz CT molecular complexity index is 2170. The van der Waals surface area contributed by atoms with Crippen molar-refractivity contribution in [1.82, 2.24) is 47.4 Å². The van der Waals surface area contributed by atoms with Crippen molar-refractivity contribution in [2.24, 2.45) is 17.4 Å². The summed E-state index contributed by atoms with van der Waals surface area (Å²) in [5.74, 6) is -6.78. The zero-order valence-electron chi connectivity index (χ0n) is 40.4. The molecule has 71 heavy (non-hydrogen) atoms. The number of nitrogens with one attached hydrogen (secondary N) is 9. The SMILES string of the molecule is CCCCNC(=O)[C@@H](CCCNC(=N)N)NC(=O)[C@@H]1CCCN1C(=O)[C@@H]1CSCCCC(=O)N[C@@H](Cc2ccc(Cl)cc2)C(=O)N[C@@H](Cc2cccs2)C(=O)N[C@@H](C(C)C)C(=O)N[C@@H](CC(N)=O)C(=O)N1. The molecule has 13 N–H and O–H groups in total. The summed E-state index contributed by atoms with van der Waals surface area (Å²) in [6.45, 7) is 6.09. The predicted octanol–water partition coefficient (Wildman–Crippen LogP) is 0.324. The largest absolute Gasteiger partial charge is 0.370 e. The molecule has 0 radical (unpaired) electrons. The van der Waals surface area contributed by atoms with Crippen molar-refractivity contribution in [1.29, 1.82) is 5.41 Å². The number of primary amides is 1. The average molecular weight is 1050 g/mol. The maximum atomic E-state index is 14.6. The van der Waals surface area contributed by atoms with Crippen LogP contribution in [0.15, 0.2) is 41.8 Å². The van der Waals surface area contributed by atoms with Crippen molar-refractivity contribution in [3.05, 3.63) is 57.2 Å². The van der Waals surface area contributed by atoms with Gasteiger partial charge in [-0.2, -0.15) is 11.8 Å². The third-order valence-electron chi connectivity index (χ3n) is 11.8. The van der Waals surface area contributed by atoms with E-state index in [1.54, 1.807) is 50.2 Å². The second-order valence-corrected chi connectivity index (χ2v) is 20.5. The molecule has 0 aliphatic carbocycles. The van der Waals surface area contributed by atoms with Crippen molar-refractivity contribution in [2.75, 3.05) is 31.1 Å². The van der Waals surface area contributed by atoms with Gasteiger partial charge in [-0.15, -0.1) is 11.3 Å². The molecular formula is C47H69ClN12O9S2. The highest BCUT2D eigenvalue weighted by Crippen LogP contribution is 2.22. The molecule has 9 amide bonds. The van der Waals surface area contributed by atoms with Gasteiger partial charge in [-0.1, -0.05) is 57.0 Å². The van der Waals surface area contributed by atoms with E-state index in [0.717, 1.165) is 17.7 Å². The predicted molar refractivity (Wildman–Crippen MR) is 272 cm³/mol. The third kappa shape index (κ3) is 19.3. The number of thiophene rings is 1. The van der Waals surface area contributed by atoms with Gasteiger partial charge in [0.15, 0.2) is 5.96 Å². The average Bonchev–Trinajstić information content (AvgIpc) is 4.03. The van der Waals surface area contributed by atoms with Crippen molar-refractivity contribution in [3.8, 4) is 0 Å². The first-order valence-corrected chi connectivity index (χ1v) is 26.4. The number of likely N-dealkylation sites (tertiary alicyclic amines) is 1. The summed E-state index contributed by atoms with van der Waals surface area (Å²) in [5.41, 5.74) is 11.7. The normalized spacial score (nSPS) is 22.4. The Balaban J connectivity index is 1.64. The fourth-order valence-electron chi connectivity index (χ4n) is 7.97. The second kappa shape index (κ2) is 29.4. The Morgan fingerprint density at radius 2 is 1.52 bits per heavy atom. The van der Waals surface area contributed by atoms with Gasteiger partial charge >= 0.3 is 0 Å². The van der Waals surface area contributed by atoms with Crippen LogP contribution in [-0.2, 0) is 56.0 Å². The number of halogens is 1.